The van der Waals surface area contributed by atoms with Gasteiger partial charge < -0.3 is 10.1 Å². The number of rotatable bonds is 4. The average molecular weight is 290 g/mol. The van der Waals surface area contributed by atoms with Gasteiger partial charge in [-0.2, -0.15) is 0 Å². The first kappa shape index (κ1) is 14.4. The first-order valence-corrected chi connectivity index (χ1v) is 6.78. The van der Waals surface area contributed by atoms with Crippen molar-refractivity contribution in [2.75, 3.05) is 5.32 Å². The van der Waals surface area contributed by atoms with E-state index >= 15 is 0 Å². The molecule has 0 aliphatic rings. The maximum atomic E-state index is 11.4. The number of ether oxygens (including phenoxy) is 1. The van der Waals surface area contributed by atoms with E-state index in [2.05, 4.69) is 5.32 Å². The van der Waals surface area contributed by atoms with Crippen LogP contribution in [-0.2, 0) is 4.79 Å². The number of alkyl halides is 1. The van der Waals surface area contributed by atoms with Gasteiger partial charge in [0.05, 0.1) is 0 Å². The summed E-state index contributed by atoms with van der Waals surface area (Å²) in [6.07, 6.45) is 0. The lowest BCUT2D eigenvalue weighted by atomic mass is 10.2. The maximum Gasteiger partial charge on any atom is 0.242 e. The fourth-order valence-electron chi connectivity index (χ4n) is 1.59. The summed E-state index contributed by atoms with van der Waals surface area (Å²) in [5.74, 6) is 1.27. The molecule has 20 heavy (non-hydrogen) atoms. The summed E-state index contributed by atoms with van der Waals surface area (Å²) in [5.41, 5.74) is 1.88. The summed E-state index contributed by atoms with van der Waals surface area (Å²) in [5, 5.41) is 2.16. The lowest BCUT2D eigenvalue weighted by Crippen LogP contribution is -2.20. The van der Waals surface area contributed by atoms with Gasteiger partial charge in [0.25, 0.3) is 0 Å². The van der Waals surface area contributed by atoms with Crippen molar-refractivity contribution in [1.29, 1.82) is 0 Å². The van der Waals surface area contributed by atoms with E-state index in [9.17, 15) is 4.79 Å². The van der Waals surface area contributed by atoms with Gasteiger partial charge in [-0.1, -0.05) is 17.7 Å². The van der Waals surface area contributed by atoms with Crippen molar-refractivity contribution < 1.29 is 9.53 Å². The third-order valence-corrected chi connectivity index (χ3v) is 2.94. The fraction of sp³-hybridized carbons (Fsp3) is 0.188. The number of carbonyl (C=O) groups excluding carboxylic acids is 1. The Kier molecular flexibility index (Phi) is 4.64. The molecule has 0 aliphatic carbocycles. The van der Waals surface area contributed by atoms with Crippen molar-refractivity contribution in [3.63, 3.8) is 0 Å². The van der Waals surface area contributed by atoms with Gasteiger partial charge in [-0.25, -0.2) is 0 Å². The number of carbonyl (C=O) groups is 1. The van der Waals surface area contributed by atoms with Crippen molar-refractivity contribution in [1.82, 2.24) is 0 Å². The van der Waals surface area contributed by atoms with Gasteiger partial charge in [-0.3, -0.25) is 4.79 Å². The van der Waals surface area contributed by atoms with Crippen LogP contribution in [0.2, 0.25) is 0 Å². The topological polar surface area (TPSA) is 38.3 Å². The van der Waals surface area contributed by atoms with Gasteiger partial charge in [0.2, 0.25) is 5.91 Å². The summed E-state index contributed by atoms with van der Waals surface area (Å²) in [6, 6.07) is 15.0. The number of hydrogen-bond donors (Lipinski definition) is 1. The minimum atomic E-state index is -0.557. The summed E-state index contributed by atoms with van der Waals surface area (Å²) >= 11 is 5.69. The van der Waals surface area contributed by atoms with Crippen LogP contribution in [0.15, 0.2) is 48.5 Å². The molecule has 2 aromatic carbocycles. The summed E-state index contributed by atoms with van der Waals surface area (Å²) in [6.45, 7) is 3.66. The predicted octanol–water partition coefficient (Wildman–Crippen LogP) is 4.35. The fourth-order valence-corrected chi connectivity index (χ4v) is 1.64. The molecule has 2 rings (SSSR count). The van der Waals surface area contributed by atoms with Gasteiger partial charge in [0.1, 0.15) is 16.9 Å². The molecule has 1 amide bonds. The van der Waals surface area contributed by atoms with Gasteiger partial charge >= 0.3 is 0 Å². The molecule has 0 aromatic heterocycles. The largest absolute Gasteiger partial charge is 0.457 e. The molecule has 1 unspecified atom stereocenters. The van der Waals surface area contributed by atoms with Crippen LogP contribution < -0.4 is 10.1 Å². The van der Waals surface area contributed by atoms with Crippen LogP contribution in [0.5, 0.6) is 11.5 Å². The van der Waals surface area contributed by atoms with E-state index < -0.39 is 5.38 Å². The normalized spacial score (nSPS) is 11.8. The number of benzene rings is 2. The van der Waals surface area contributed by atoms with Crippen molar-refractivity contribution in [3.05, 3.63) is 54.1 Å². The van der Waals surface area contributed by atoms with Gasteiger partial charge in [-0.15, -0.1) is 11.6 Å². The monoisotopic (exact) mass is 289 g/mol. The highest BCUT2D eigenvalue weighted by Gasteiger charge is 2.08. The minimum Gasteiger partial charge on any atom is -0.457 e. The van der Waals surface area contributed by atoms with Gasteiger partial charge in [-0.05, 0) is 50.2 Å². The number of amides is 1. The molecule has 0 heterocycles. The van der Waals surface area contributed by atoms with E-state index in [1.165, 1.54) is 5.56 Å². The number of halogens is 1. The Balaban J connectivity index is 2.01. The van der Waals surface area contributed by atoms with Crippen LogP contribution >= 0.6 is 11.6 Å². The van der Waals surface area contributed by atoms with Crippen LogP contribution in [0.1, 0.15) is 12.5 Å². The van der Waals surface area contributed by atoms with Crippen molar-refractivity contribution in [2.45, 2.75) is 19.2 Å². The molecule has 0 bridgehead atoms. The Bertz CT molecular complexity index is 576. The number of aryl methyl sites for hydroxylation is 1. The summed E-state index contributed by atoms with van der Waals surface area (Å²) in [7, 11) is 0. The van der Waals surface area contributed by atoms with E-state index in [-0.39, 0.29) is 5.91 Å². The predicted molar refractivity (Wildman–Crippen MR) is 81.6 cm³/mol. The van der Waals surface area contributed by atoms with E-state index in [0.29, 0.717) is 11.4 Å². The van der Waals surface area contributed by atoms with E-state index in [0.717, 1.165) is 5.75 Å². The number of nitrogens with one attached hydrogen (secondary N) is 1. The molecule has 104 valence electrons. The number of hydrogen-bond acceptors (Lipinski definition) is 2. The van der Waals surface area contributed by atoms with Crippen LogP contribution in [0, 0.1) is 6.92 Å². The third kappa shape index (κ3) is 4.00. The Hall–Kier alpha value is -2.00. The molecule has 0 spiro atoms. The highest BCUT2D eigenvalue weighted by atomic mass is 35.5. The molecule has 0 radical (unpaired) electrons. The van der Waals surface area contributed by atoms with Crippen molar-refractivity contribution in [2.24, 2.45) is 0 Å². The number of anilines is 1. The Morgan fingerprint density at radius 1 is 1.05 bits per heavy atom. The molecular formula is C16H16ClNO2. The Morgan fingerprint density at radius 3 is 2.05 bits per heavy atom. The second kappa shape index (κ2) is 6.44. The molecule has 2 aromatic rings. The zero-order chi connectivity index (χ0) is 14.5. The maximum absolute atomic E-state index is 11.4. The minimum absolute atomic E-state index is 0.223. The van der Waals surface area contributed by atoms with Crippen LogP contribution in [0.3, 0.4) is 0 Å². The molecule has 0 saturated heterocycles. The molecule has 0 aliphatic heterocycles. The highest BCUT2D eigenvalue weighted by molar-refractivity contribution is 6.32. The Morgan fingerprint density at radius 2 is 1.55 bits per heavy atom. The molecule has 4 heteroatoms. The smallest absolute Gasteiger partial charge is 0.242 e. The molecule has 0 saturated carbocycles. The first-order chi connectivity index (χ1) is 9.54. The first-order valence-electron chi connectivity index (χ1n) is 6.34. The highest BCUT2D eigenvalue weighted by Crippen LogP contribution is 2.23. The van der Waals surface area contributed by atoms with E-state index in [1.807, 2.05) is 31.2 Å². The lowest BCUT2D eigenvalue weighted by molar-refractivity contribution is -0.115. The zero-order valence-corrected chi connectivity index (χ0v) is 12.1. The SMILES string of the molecule is Cc1ccc(Oc2ccc(NC(=O)C(C)Cl)cc2)cc1. The molecule has 1 N–H and O–H groups in total. The lowest BCUT2D eigenvalue weighted by Gasteiger charge is -2.09. The molecule has 1 atom stereocenters. The molecule has 0 fully saturated rings. The molecule has 3 nitrogen and oxygen atoms in total. The second-order valence-electron chi connectivity index (χ2n) is 4.54. The van der Waals surface area contributed by atoms with Gasteiger partial charge in [0.15, 0.2) is 0 Å². The Labute approximate surface area is 123 Å². The van der Waals surface area contributed by atoms with Crippen molar-refractivity contribution >= 4 is 23.2 Å². The van der Waals surface area contributed by atoms with E-state index in [1.54, 1.807) is 31.2 Å². The quantitative estimate of drug-likeness (QED) is 0.850. The summed E-state index contributed by atoms with van der Waals surface area (Å²) < 4.78 is 5.70. The average Bonchev–Trinajstić information content (AvgIpc) is 2.43. The van der Waals surface area contributed by atoms with Crippen LogP contribution in [0.25, 0.3) is 0 Å². The van der Waals surface area contributed by atoms with Gasteiger partial charge in [0, 0.05) is 5.69 Å². The van der Waals surface area contributed by atoms with Crippen LogP contribution in [0.4, 0.5) is 5.69 Å². The van der Waals surface area contributed by atoms with E-state index in [4.69, 9.17) is 16.3 Å². The summed E-state index contributed by atoms with van der Waals surface area (Å²) in [4.78, 5) is 11.4. The standard InChI is InChI=1S/C16H16ClNO2/c1-11-3-7-14(8-4-11)20-15-9-5-13(6-10-15)18-16(19)12(2)17/h3-10,12H,1-2H3,(H,18,19). The van der Waals surface area contributed by atoms with Crippen molar-refractivity contribution in [3.8, 4) is 11.5 Å². The zero-order valence-electron chi connectivity index (χ0n) is 11.4. The second-order valence-corrected chi connectivity index (χ2v) is 5.20. The van der Waals surface area contributed by atoms with Crippen LogP contribution in [-0.4, -0.2) is 11.3 Å². The molecular weight excluding hydrogens is 274 g/mol. The third-order valence-electron chi connectivity index (χ3n) is 2.74.